The van der Waals surface area contributed by atoms with Crippen molar-refractivity contribution in [1.29, 1.82) is 0 Å². The van der Waals surface area contributed by atoms with Gasteiger partial charge in [0.2, 0.25) is 0 Å². The molecule has 0 bridgehead atoms. The maximum Gasteiger partial charge on any atom is 0.265 e. The molecule has 0 aliphatic carbocycles. The lowest BCUT2D eigenvalue weighted by Gasteiger charge is -2.20. The summed E-state index contributed by atoms with van der Waals surface area (Å²) >= 11 is 5.87. The van der Waals surface area contributed by atoms with Crippen LogP contribution in [0.4, 0.5) is 0 Å². The normalized spacial score (nSPS) is 28.6. The number of rotatable bonds is 0. The summed E-state index contributed by atoms with van der Waals surface area (Å²) in [5, 5.41) is 3.90. The van der Waals surface area contributed by atoms with Crippen molar-refractivity contribution >= 4 is 11.6 Å². The Labute approximate surface area is 87.0 Å². The van der Waals surface area contributed by atoms with Crippen molar-refractivity contribution in [1.82, 2.24) is 5.32 Å². The highest BCUT2D eigenvalue weighted by Gasteiger charge is 2.44. The molecule has 1 aromatic rings. The molecule has 0 saturated carbocycles. The minimum absolute atomic E-state index is 0.479. The van der Waals surface area contributed by atoms with Crippen LogP contribution in [0.2, 0.25) is 5.02 Å². The zero-order valence-electron chi connectivity index (χ0n) is 7.55. The zero-order valence-corrected chi connectivity index (χ0v) is 8.30. The van der Waals surface area contributed by atoms with Crippen LogP contribution in [-0.4, -0.2) is 18.9 Å². The molecule has 2 aliphatic rings. The molecule has 2 heterocycles. The van der Waals surface area contributed by atoms with E-state index in [9.17, 15) is 0 Å². The van der Waals surface area contributed by atoms with Gasteiger partial charge in [0.05, 0.1) is 6.54 Å². The topological polar surface area (TPSA) is 30.5 Å². The van der Waals surface area contributed by atoms with Crippen molar-refractivity contribution in [3.8, 4) is 11.5 Å². The molecule has 1 atom stereocenters. The third-order valence-electron chi connectivity index (χ3n) is 2.57. The Morgan fingerprint density at radius 3 is 2.93 bits per heavy atom. The van der Waals surface area contributed by atoms with Gasteiger partial charge in [-0.15, -0.1) is 0 Å². The molecule has 1 unspecified atom stereocenters. The molecule has 0 amide bonds. The summed E-state index contributed by atoms with van der Waals surface area (Å²) in [5.74, 6) is 1.06. The fourth-order valence-corrected chi connectivity index (χ4v) is 2.05. The van der Waals surface area contributed by atoms with E-state index in [1.165, 1.54) is 0 Å². The quantitative estimate of drug-likeness (QED) is 0.710. The van der Waals surface area contributed by atoms with E-state index in [0.29, 0.717) is 5.02 Å². The Kier molecular flexibility index (Phi) is 1.66. The molecular weight excluding hydrogens is 202 g/mol. The van der Waals surface area contributed by atoms with Gasteiger partial charge >= 0.3 is 0 Å². The standard InChI is InChI=1S/C10H10ClNO2/c11-7-1-2-8-9(5-7)14-10(13-8)3-4-12-6-10/h1-2,5,12H,3-4,6H2. The van der Waals surface area contributed by atoms with E-state index in [1.807, 2.05) is 12.1 Å². The molecule has 1 fully saturated rings. The fraction of sp³-hybridized carbons (Fsp3) is 0.400. The van der Waals surface area contributed by atoms with Crippen LogP contribution < -0.4 is 14.8 Å². The number of halogens is 1. The van der Waals surface area contributed by atoms with Crippen molar-refractivity contribution < 1.29 is 9.47 Å². The molecule has 1 saturated heterocycles. The van der Waals surface area contributed by atoms with Gasteiger partial charge in [0.1, 0.15) is 0 Å². The molecule has 1 N–H and O–H groups in total. The van der Waals surface area contributed by atoms with Crippen LogP contribution in [0.3, 0.4) is 0 Å². The van der Waals surface area contributed by atoms with E-state index < -0.39 is 5.79 Å². The summed E-state index contributed by atoms with van der Waals surface area (Å²) in [7, 11) is 0. The Bertz CT molecular complexity index is 374. The summed E-state index contributed by atoms with van der Waals surface area (Å²) in [6.45, 7) is 1.67. The molecule has 0 aromatic heterocycles. The van der Waals surface area contributed by atoms with Gasteiger partial charge in [-0.2, -0.15) is 0 Å². The minimum Gasteiger partial charge on any atom is -0.447 e. The van der Waals surface area contributed by atoms with Crippen LogP contribution >= 0.6 is 11.6 Å². The minimum atomic E-state index is -0.479. The van der Waals surface area contributed by atoms with E-state index in [1.54, 1.807) is 6.07 Å². The van der Waals surface area contributed by atoms with E-state index in [0.717, 1.165) is 31.0 Å². The molecule has 1 spiro atoms. The summed E-state index contributed by atoms with van der Waals surface area (Å²) in [5.41, 5.74) is 0. The Balaban J connectivity index is 1.96. The highest BCUT2D eigenvalue weighted by Crippen LogP contribution is 2.42. The van der Waals surface area contributed by atoms with Crippen molar-refractivity contribution in [3.63, 3.8) is 0 Å². The molecule has 0 radical (unpaired) electrons. The van der Waals surface area contributed by atoms with Gasteiger partial charge < -0.3 is 14.8 Å². The van der Waals surface area contributed by atoms with Gasteiger partial charge in [-0.3, -0.25) is 0 Å². The first-order valence-electron chi connectivity index (χ1n) is 4.66. The lowest BCUT2D eigenvalue weighted by molar-refractivity contribution is -0.0593. The zero-order chi connectivity index (χ0) is 9.60. The van der Waals surface area contributed by atoms with Gasteiger partial charge in [-0.05, 0) is 12.1 Å². The van der Waals surface area contributed by atoms with Gasteiger partial charge in [-0.25, -0.2) is 0 Å². The van der Waals surface area contributed by atoms with Crippen molar-refractivity contribution in [2.75, 3.05) is 13.1 Å². The Hall–Kier alpha value is -0.930. The second-order valence-corrected chi connectivity index (χ2v) is 4.07. The number of nitrogens with one attached hydrogen (secondary N) is 1. The maximum absolute atomic E-state index is 5.87. The third kappa shape index (κ3) is 1.16. The molecule has 3 nitrogen and oxygen atoms in total. The molecule has 2 aliphatic heterocycles. The number of benzene rings is 1. The van der Waals surface area contributed by atoms with Crippen LogP contribution in [0.1, 0.15) is 6.42 Å². The lowest BCUT2D eigenvalue weighted by atomic mass is 10.2. The largest absolute Gasteiger partial charge is 0.447 e. The first-order chi connectivity index (χ1) is 6.77. The second kappa shape index (κ2) is 2.78. The van der Waals surface area contributed by atoms with Gasteiger partial charge in [-0.1, -0.05) is 11.6 Å². The number of ether oxygens (including phenoxy) is 2. The van der Waals surface area contributed by atoms with Crippen LogP contribution in [0, 0.1) is 0 Å². The fourth-order valence-electron chi connectivity index (χ4n) is 1.89. The predicted molar refractivity (Wildman–Crippen MR) is 52.9 cm³/mol. The second-order valence-electron chi connectivity index (χ2n) is 3.63. The molecule has 74 valence electrons. The number of fused-ring (bicyclic) bond motifs is 1. The predicted octanol–water partition coefficient (Wildman–Crippen LogP) is 1.80. The average molecular weight is 212 g/mol. The summed E-state index contributed by atoms with van der Waals surface area (Å²) in [4.78, 5) is 0. The molecular formula is C10H10ClNO2. The first kappa shape index (κ1) is 8.38. The maximum atomic E-state index is 5.87. The summed E-state index contributed by atoms with van der Waals surface area (Å²) in [6.07, 6.45) is 0.874. The Morgan fingerprint density at radius 1 is 1.29 bits per heavy atom. The van der Waals surface area contributed by atoms with Crippen LogP contribution in [0.15, 0.2) is 18.2 Å². The Morgan fingerprint density at radius 2 is 2.14 bits per heavy atom. The van der Waals surface area contributed by atoms with Gasteiger partial charge in [0, 0.05) is 24.1 Å². The molecule has 3 rings (SSSR count). The lowest BCUT2D eigenvalue weighted by Crippen LogP contribution is -2.40. The van der Waals surface area contributed by atoms with Crippen LogP contribution in [0.5, 0.6) is 11.5 Å². The van der Waals surface area contributed by atoms with Crippen molar-refractivity contribution in [3.05, 3.63) is 23.2 Å². The van der Waals surface area contributed by atoms with Gasteiger partial charge in [0.15, 0.2) is 11.5 Å². The van der Waals surface area contributed by atoms with Gasteiger partial charge in [0.25, 0.3) is 5.79 Å². The highest BCUT2D eigenvalue weighted by molar-refractivity contribution is 6.30. The monoisotopic (exact) mass is 211 g/mol. The smallest absolute Gasteiger partial charge is 0.265 e. The van der Waals surface area contributed by atoms with E-state index in [2.05, 4.69) is 5.32 Å². The van der Waals surface area contributed by atoms with E-state index in [4.69, 9.17) is 21.1 Å². The molecule has 14 heavy (non-hydrogen) atoms. The van der Waals surface area contributed by atoms with Crippen LogP contribution in [-0.2, 0) is 0 Å². The van der Waals surface area contributed by atoms with Crippen molar-refractivity contribution in [2.45, 2.75) is 12.2 Å². The van der Waals surface area contributed by atoms with Crippen molar-refractivity contribution in [2.24, 2.45) is 0 Å². The van der Waals surface area contributed by atoms with E-state index >= 15 is 0 Å². The molecule has 4 heteroatoms. The highest BCUT2D eigenvalue weighted by atomic mass is 35.5. The third-order valence-corrected chi connectivity index (χ3v) is 2.81. The summed E-state index contributed by atoms with van der Waals surface area (Å²) < 4.78 is 11.5. The average Bonchev–Trinajstić information content (AvgIpc) is 2.72. The summed E-state index contributed by atoms with van der Waals surface area (Å²) in [6, 6.07) is 5.46. The SMILES string of the molecule is Clc1ccc2c(c1)OC1(CCNC1)O2. The number of hydrogen-bond donors (Lipinski definition) is 1. The van der Waals surface area contributed by atoms with Crippen LogP contribution in [0.25, 0.3) is 0 Å². The van der Waals surface area contributed by atoms with E-state index in [-0.39, 0.29) is 0 Å². The first-order valence-corrected chi connectivity index (χ1v) is 5.04. The molecule has 1 aromatic carbocycles. The number of hydrogen-bond acceptors (Lipinski definition) is 3.